The molecular weight excluding hydrogens is 280 g/mol. The first-order valence-electron chi connectivity index (χ1n) is 6.12. The van der Waals surface area contributed by atoms with Crippen LogP contribution in [-0.4, -0.2) is 42.6 Å². The summed E-state index contributed by atoms with van der Waals surface area (Å²) in [6.07, 6.45) is 0. The van der Waals surface area contributed by atoms with E-state index in [1.54, 1.807) is 25.1 Å². The van der Waals surface area contributed by atoms with Gasteiger partial charge in [0.1, 0.15) is 11.9 Å². The van der Waals surface area contributed by atoms with Gasteiger partial charge < -0.3 is 14.6 Å². The van der Waals surface area contributed by atoms with E-state index in [9.17, 15) is 9.59 Å². The van der Waals surface area contributed by atoms with Gasteiger partial charge in [-0.15, -0.1) is 11.8 Å². The number of carboxylic acid groups (broad SMARTS) is 1. The summed E-state index contributed by atoms with van der Waals surface area (Å²) in [4.78, 5) is 23.4. The van der Waals surface area contributed by atoms with E-state index in [4.69, 9.17) is 14.6 Å². The largest absolute Gasteiger partial charge is 0.478 e. The molecule has 0 aliphatic rings. The SMILES string of the molecule is COCCOC(=O)C(C)Sc1cc(C(=O)O)ccc1C. The number of hydrogen-bond donors (Lipinski definition) is 1. The minimum absolute atomic E-state index is 0.207. The molecule has 1 N–H and O–H groups in total. The number of esters is 1. The second-order valence-electron chi connectivity index (χ2n) is 4.21. The van der Waals surface area contributed by atoms with Gasteiger partial charge in [0.05, 0.1) is 12.2 Å². The zero-order valence-electron chi connectivity index (χ0n) is 11.7. The third kappa shape index (κ3) is 4.86. The zero-order chi connectivity index (χ0) is 15.1. The average Bonchev–Trinajstić information content (AvgIpc) is 2.41. The summed E-state index contributed by atoms with van der Waals surface area (Å²) >= 11 is 1.29. The molecule has 5 nitrogen and oxygen atoms in total. The molecular formula is C14H18O5S. The van der Waals surface area contributed by atoms with Crippen molar-refractivity contribution >= 4 is 23.7 Å². The number of hydrogen-bond acceptors (Lipinski definition) is 5. The van der Waals surface area contributed by atoms with Crippen LogP contribution in [0.25, 0.3) is 0 Å². The minimum Gasteiger partial charge on any atom is -0.478 e. The quantitative estimate of drug-likeness (QED) is 0.473. The molecule has 20 heavy (non-hydrogen) atoms. The van der Waals surface area contributed by atoms with Gasteiger partial charge in [-0.2, -0.15) is 0 Å². The lowest BCUT2D eigenvalue weighted by Gasteiger charge is -2.13. The number of carbonyl (C=O) groups is 2. The molecule has 0 saturated heterocycles. The summed E-state index contributed by atoms with van der Waals surface area (Å²) in [6.45, 7) is 4.18. The first-order valence-corrected chi connectivity index (χ1v) is 7.00. The van der Waals surface area contributed by atoms with E-state index < -0.39 is 11.2 Å². The lowest BCUT2D eigenvalue weighted by atomic mass is 10.1. The molecule has 0 radical (unpaired) electrons. The highest BCUT2D eigenvalue weighted by atomic mass is 32.2. The Kier molecular flexibility index (Phi) is 6.54. The standard InChI is InChI=1S/C14H18O5S/c1-9-4-5-11(13(15)16)8-12(9)20-10(2)14(17)19-7-6-18-3/h4-5,8,10H,6-7H2,1-3H3,(H,15,16). The number of benzene rings is 1. The fourth-order valence-electron chi connectivity index (χ4n) is 1.44. The second kappa shape index (κ2) is 7.91. The topological polar surface area (TPSA) is 72.8 Å². The van der Waals surface area contributed by atoms with Crippen LogP contribution in [0.5, 0.6) is 0 Å². The highest BCUT2D eigenvalue weighted by molar-refractivity contribution is 8.00. The van der Waals surface area contributed by atoms with Crippen molar-refractivity contribution < 1.29 is 24.2 Å². The number of aromatic carboxylic acids is 1. The van der Waals surface area contributed by atoms with E-state index in [2.05, 4.69) is 0 Å². The number of thioether (sulfide) groups is 1. The van der Waals surface area contributed by atoms with Gasteiger partial charge in [-0.05, 0) is 31.5 Å². The van der Waals surface area contributed by atoms with Gasteiger partial charge in [-0.3, -0.25) is 4.79 Å². The van der Waals surface area contributed by atoms with Crippen LogP contribution < -0.4 is 0 Å². The Labute approximate surface area is 122 Å². The van der Waals surface area contributed by atoms with Crippen molar-refractivity contribution in [1.29, 1.82) is 0 Å². The molecule has 0 aromatic heterocycles. The summed E-state index contributed by atoms with van der Waals surface area (Å²) in [5, 5.41) is 8.56. The molecule has 110 valence electrons. The van der Waals surface area contributed by atoms with Gasteiger partial charge in [-0.25, -0.2) is 4.79 Å². The maximum Gasteiger partial charge on any atom is 0.335 e. The van der Waals surface area contributed by atoms with Crippen LogP contribution in [0.4, 0.5) is 0 Å². The van der Waals surface area contributed by atoms with Gasteiger partial charge >= 0.3 is 11.9 Å². The van der Waals surface area contributed by atoms with Crippen molar-refractivity contribution in [2.45, 2.75) is 24.0 Å². The summed E-state index contributed by atoms with van der Waals surface area (Å²) in [7, 11) is 1.53. The first-order chi connectivity index (χ1) is 9.45. The number of ether oxygens (including phenoxy) is 2. The first kappa shape index (κ1) is 16.5. The highest BCUT2D eigenvalue weighted by Gasteiger charge is 2.17. The van der Waals surface area contributed by atoms with E-state index in [0.717, 1.165) is 10.5 Å². The van der Waals surface area contributed by atoms with Crippen molar-refractivity contribution in [1.82, 2.24) is 0 Å². The van der Waals surface area contributed by atoms with Crippen molar-refractivity contribution in [2.24, 2.45) is 0 Å². The molecule has 1 aromatic carbocycles. The predicted molar refractivity (Wildman–Crippen MR) is 76.3 cm³/mol. The number of aryl methyl sites for hydroxylation is 1. The lowest BCUT2D eigenvalue weighted by Crippen LogP contribution is -2.19. The molecule has 0 aliphatic heterocycles. The zero-order valence-corrected chi connectivity index (χ0v) is 12.5. The molecule has 0 bridgehead atoms. The molecule has 0 heterocycles. The van der Waals surface area contributed by atoms with Crippen molar-refractivity contribution in [3.63, 3.8) is 0 Å². The normalized spacial score (nSPS) is 11.9. The van der Waals surface area contributed by atoms with Gasteiger partial charge in [0.2, 0.25) is 0 Å². The molecule has 1 atom stereocenters. The maximum absolute atomic E-state index is 11.7. The molecule has 1 rings (SSSR count). The van der Waals surface area contributed by atoms with E-state index in [1.807, 2.05) is 6.92 Å². The van der Waals surface area contributed by atoms with Crippen LogP contribution in [0.3, 0.4) is 0 Å². The number of carbonyl (C=O) groups excluding carboxylic acids is 1. The summed E-state index contributed by atoms with van der Waals surface area (Å²) < 4.78 is 9.84. The number of rotatable bonds is 7. The number of methoxy groups -OCH3 is 1. The van der Waals surface area contributed by atoms with Crippen molar-refractivity contribution in [2.75, 3.05) is 20.3 Å². The Morgan fingerprint density at radius 3 is 2.65 bits per heavy atom. The van der Waals surface area contributed by atoms with Gasteiger partial charge in [0, 0.05) is 12.0 Å². The lowest BCUT2D eigenvalue weighted by molar-refractivity contribution is -0.143. The van der Waals surface area contributed by atoms with E-state index >= 15 is 0 Å². The number of carboxylic acids is 1. The van der Waals surface area contributed by atoms with Gasteiger partial charge in [0.15, 0.2) is 0 Å². The molecule has 0 fully saturated rings. The monoisotopic (exact) mass is 298 g/mol. The third-order valence-electron chi connectivity index (χ3n) is 2.60. The average molecular weight is 298 g/mol. The molecule has 0 spiro atoms. The van der Waals surface area contributed by atoms with Crippen LogP contribution in [0.2, 0.25) is 0 Å². The Hall–Kier alpha value is -1.53. The van der Waals surface area contributed by atoms with Crippen LogP contribution in [-0.2, 0) is 14.3 Å². The van der Waals surface area contributed by atoms with E-state index in [-0.39, 0.29) is 18.1 Å². The smallest absolute Gasteiger partial charge is 0.335 e. The van der Waals surface area contributed by atoms with Crippen molar-refractivity contribution in [3.05, 3.63) is 29.3 Å². The third-order valence-corrected chi connectivity index (χ3v) is 3.84. The second-order valence-corrected chi connectivity index (χ2v) is 5.59. The molecule has 6 heteroatoms. The molecule has 1 aromatic rings. The molecule has 0 amide bonds. The Bertz CT molecular complexity index is 486. The molecule has 0 aliphatic carbocycles. The van der Waals surface area contributed by atoms with Crippen LogP contribution in [0.1, 0.15) is 22.8 Å². The summed E-state index contributed by atoms with van der Waals surface area (Å²) in [5.41, 5.74) is 1.13. The fourth-order valence-corrected chi connectivity index (χ4v) is 2.44. The summed E-state index contributed by atoms with van der Waals surface area (Å²) in [5.74, 6) is -1.32. The minimum atomic E-state index is -0.984. The maximum atomic E-state index is 11.7. The van der Waals surface area contributed by atoms with Gasteiger partial charge in [0.25, 0.3) is 0 Å². The van der Waals surface area contributed by atoms with Crippen molar-refractivity contribution in [3.8, 4) is 0 Å². The molecule has 1 unspecified atom stereocenters. The fraction of sp³-hybridized carbons (Fsp3) is 0.429. The van der Waals surface area contributed by atoms with Crippen LogP contribution in [0.15, 0.2) is 23.1 Å². The van der Waals surface area contributed by atoms with Crippen LogP contribution >= 0.6 is 11.8 Å². The highest BCUT2D eigenvalue weighted by Crippen LogP contribution is 2.28. The Balaban J connectivity index is 2.69. The van der Waals surface area contributed by atoms with E-state index in [1.165, 1.54) is 18.9 Å². The Morgan fingerprint density at radius 1 is 1.35 bits per heavy atom. The van der Waals surface area contributed by atoms with Gasteiger partial charge in [-0.1, -0.05) is 6.07 Å². The van der Waals surface area contributed by atoms with Crippen LogP contribution in [0, 0.1) is 6.92 Å². The van der Waals surface area contributed by atoms with E-state index in [0.29, 0.717) is 6.61 Å². The Morgan fingerprint density at radius 2 is 2.05 bits per heavy atom. The predicted octanol–water partition coefficient (Wildman–Crippen LogP) is 2.36. The molecule has 0 saturated carbocycles. The summed E-state index contributed by atoms with van der Waals surface area (Å²) in [6, 6.07) is 4.85.